The fourth-order valence-corrected chi connectivity index (χ4v) is 3.93. The second-order valence-corrected chi connectivity index (χ2v) is 18.7. The summed E-state index contributed by atoms with van der Waals surface area (Å²) in [4.78, 5) is 0. The third-order valence-corrected chi connectivity index (χ3v) is 8.31. The molecule has 0 bridgehead atoms. The van der Waals surface area contributed by atoms with Gasteiger partial charge in [0, 0.05) is 68.3 Å². The van der Waals surface area contributed by atoms with Gasteiger partial charge < -0.3 is 10.6 Å². The van der Waals surface area contributed by atoms with Crippen LogP contribution < -0.4 is 10.6 Å². The Hall–Kier alpha value is -3.76. The normalized spacial score (nSPS) is 9.48. The molecule has 0 spiro atoms. The van der Waals surface area contributed by atoms with E-state index < -0.39 is 8.07 Å². The first-order chi connectivity index (χ1) is 24.0. The van der Waals surface area contributed by atoms with Crippen LogP contribution in [0.3, 0.4) is 0 Å². The number of hydrogen-bond acceptors (Lipinski definition) is 5. The molecule has 50 heavy (non-hydrogen) atoms. The van der Waals surface area contributed by atoms with E-state index in [9.17, 15) is 0 Å². The zero-order valence-corrected chi connectivity index (χ0v) is 35.4. The SMILES string of the molecule is Brc1ccc(-n2cccn2)cc1.Brc1ccc(I)cc1.C#C[Si](C)(C)C.C#Cc1ccc(-n2cccn2)cc1.CNCCNC.c1cn[nH]c1. The van der Waals surface area contributed by atoms with Crippen molar-refractivity contribution in [2.45, 2.75) is 19.6 Å². The van der Waals surface area contributed by atoms with Crippen LogP contribution in [-0.4, -0.2) is 65.0 Å². The highest BCUT2D eigenvalue weighted by Gasteiger charge is 2.05. The third kappa shape index (κ3) is 22.1. The van der Waals surface area contributed by atoms with Crippen molar-refractivity contribution in [3.05, 3.63) is 146 Å². The Morgan fingerprint density at radius 3 is 1.44 bits per heavy atom. The Bertz CT molecular complexity index is 1680. The molecule has 0 aliphatic heterocycles. The second kappa shape index (κ2) is 27.0. The van der Waals surface area contributed by atoms with Gasteiger partial charge in [0.2, 0.25) is 0 Å². The molecular weight excluding hydrogens is 883 g/mol. The molecule has 0 saturated carbocycles. The van der Waals surface area contributed by atoms with Crippen molar-refractivity contribution in [1.82, 2.24) is 40.4 Å². The Balaban J connectivity index is 0.000000312. The number of likely N-dealkylation sites (N-methyl/N-ethyl adjacent to an activating group) is 2. The minimum atomic E-state index is -1.10. The van der Waals surface area contributed by atoms with Gasteiger partial charge in [0.15, 0.2) is 0 Å². The van der Waals surface area contributed by atoms with Crippen LogP contribution in [0.5, 0.6) is 0 Å². The molecule has 0 atom stereocenters. The van der Waals surface area contributed by atoms with Crippen molar-refractivity contribution in [1.29, 1.82) is 0 Å². The first-order valence-electron chi connectivity index (χ1n) is 15.5. The van der Waals surface area contributed by atoms with Gasteiger partial charge in [-0.25, -0.2) is 9.36 Å². The summed E-state index contributed by atoms with van der Waals surface area (Å²) in [7, 11) is 2.78. The maximum Gasteiger partial charge on any atom is 0.128 e. The molecule has 0 unspecified atom stereocenters. The Morgan fingerprint density at radius 2 is 1.16 bits per heavy atom. The number of hydrogen-bond donors (Lipinski definition) is 3. The number of aromatic nitrogens is 6. The molecule has 0 aliphatic carbocycles. The fraction of sp³-hybridized carbons (Fsp3) is 0.184. The van der Waals surface area contributed by atoms with Crippen molar-refractivity contribution < 1.29 is 0 Å². The molecule has 0 radical (unpaired) electrons. The molecule has 8 nitrogen and oxygen atoms in total. The summed E-state index contributed by atoms with van der Waals surface area (Å²) in [5, 5.41) is 20.4. The smallest absolute Gasteiger partial charge is 0.128 e. The van der Waals surface area contributed by atoms with E-state index in [2.05, 4.69) is 129 Å². The monoisotopic (exact) mass is 926 g/mol. The summed E-state index contributed by atoms with van der Waals surface area (Å²) in [5.41, 5.74) is 5.72. The van der Waals surface area contributed by atoms with E-state index in [1.165, 1.54) is 3.57 Å². The van der Waals surface area contributed by atoms with Gasteiger partial charge in [0.1, 0.15) is 8.07 Å². The van der Waals surface area contributed by atoms with E-state index in [4.69, 9.17) is 12.8 Å². The van der Waals surface area contributed by atoms with Gasteiger partial charge in [-0.05, 0) is 128 Å². The third-order valence-electron chi connectivity index (χ3n) is 5.67. The fourth-order valence-electron chi connectivity index (χ4n) is 3.04. The van der Waals surface area contributed by atoms with E-state index in [0.717, 1.165) is 39.0 Å². The minimum Gasteiger partial charge on any atom is -0.318 e. The Morgan fingerprint density at radius 1 is 0.720 bits per heavy atom. The van der Waals surface area contributed by atoms with Gasteiger partial charge in [-0.1, -0.05) is 57.4 Å². The Kier molecular flexibility index (Phi) is 23.9. The van der Waals surface area contributed by atoms with Gasteiger partial charge in [-0.15, -0.1) is 18.4 Å². The summed E-state index contributed by atoms with van der Waals surface area (Å²) < 4.78 is 7.11. The maximum atomic E-state index is 5.25. The lowest BCUT2D eigenvalue weighted by Gasteiger charge is -2.00. The molecule has 0 saturated heterocycles. The van der Waals surface area contributed by atoms with Gasteiger partial charge >= 0.3 is 0 Å². The molecule has 0 amide bonds. The predicted octanol–water partition coefficient (Wildman–Crippen LogP) is 8.87. The number of benzene rings is 3. The largest absolute Gasteiger partial charge is 0.318 e. The van der Waals surface area contributed by atoms with Crippen LogP contribution in [0.4, 0.5) is 0 Å². The highest BCUT2D eigenvalue weighted by molar-refractivity contribution is 14.1. The quantitative estimate of drug-likeness (QED) is 0.0697. The number of nitrogens with one attached hydrogen (secondary N) is 3. The van der Waals surface area contributed by atoms with E-state index in [1.807, 2.05) is 110 Å². The van der Waals surface area contributed by atoms with E-state index >= 15 is 0 Å². The van der Waals surface area contributed by atoms with Crippen LogP contribution in [0.2, 0.25) is 19.6 Å². The standard InChI is InChI=1S/C11H8N2.C9H7BrN2.C6H4BrI.C5H10Si.C4H12N2.C3H4N2/c1-2-10-4-6-11(7-5-10)13-9-3-8-12-13;10-8-2-4-9(5-3-8)12-7-1-6-11-12;7-5-1-3-6(8)4-2-5;1-5-6(2,3)4;1-5-3-4-6-2;1-2-4-5-3-1/h1,3-9H;1-7H;1-4H;1H,2-4H3;5-6H,3-4H2,1-2H3;1-3H,(H,4,5). The molecule has 6 aromatic rings. The topological polar surface area (TPSA) is 88.4 Å². The predicted molar refractivity (Wildman–Crippen MR) is 228 cm³/mol. The summed E-state index contributed by atoms with van der Waals surface area (Å²) >= 11 is 9.00. The van der Waals surface area contributed by atoms with Crippen molar-refractivity contribution in [3.63, 3.8) is 0 Å². The number of halogens is 3. The van der Waals surface area contributed by atoms with Crippen LogP contribution >= 0.6 is 54.5 Å². The zero-order chi connectivity index (χ0) is 37.0. The summed E-state index contributed by atoms with van der Waals surface area (Å²) in [6, 6.07) is 29.5. The van der Waals surface area contributed by atoms with Crippen molar-refractivity contribution in [2.24, 2.45) is 0 Å². The van der Waals surface area contributed by atoms with Crippen LogP contribution in [0.15, 0.2) is 137 Å². The second-order valence-electron chi connectivity index (χ2n) is 10.9. The van der Waals surface area contributed by atoms with Gasteiger partial charge in [0.25, 0.3) is 0 Å². The Labute approximate surface area is 329 Å². The minimum absolute atomic E-state index is 0.885. The number of terminal acetylenes is 2. The van der Waals surface area contributed by atoms with E-state index in [1.54, 1.807) is 29.5 Å². The molecule has 12 heteroatoms. The molecule has 0 fully saturated rings. The molecule has 3 aromatic heterocycles. The first kappa shape index (κ1) is 44.3. The van der Waals surface area contributed by atoms with Gasteiger partial charge in [0.05, 0.1) is 11.4 Å². The molecule has 3 aromatic carbocycles. The van der Waals surface area contributed by atoms with Crippen molar-refractivity contribution in [3.8, 4) is 35.7 Å². The van der Waals surface area contributed by atoms with Crippen LogP contribution in [-0.2, 0) is 0 Å². The van der Waals surface area contributed by atoms with Gasteiger partial charge in [-0.3, -0.25) is 5.10 Å². The van der Waals surface area contributed by atoms with Crippen LogP contribution in [0.1, 0.15) is 5.56 Å². The zero-order valence-electron chi connectivity index (χ0n) is 29.1. The van der Waals surface area contributed by atoms with Crippen LogP contribution in [0, 0.1) is 27.9 Å². The lowest BCUT2D eigenvalue weighted by atomic mass is 10.2. The number of nitrogens with zero attached hydrogens (tertiary/aromatic N) is 5. The lowest BCUT2D eigenvalue weighted by Crippen LogP contribution is -2.21. The molecule has 6 rings (SSSR count). The maximum absolute atomic E-state index is 5.25. The number of aromatic amines is 1. The van der Waals surface area contributed by atoms with Gasteiger partial charge in [-0.2, -0.15) is 15.3 Å². The highest BCUT2D eigenvalue weighted by Crippen LogP contribution is 2.13. The molecular formula is C38H45Br2IN8Si. The van der Waals surface area contributed by atoms with Crippen molar-refractivity contribution in [2.75, 3.05) is 27.2 Å². The van der Waals surface area contributed by atoms with Crippen molar-refractivity contribution >= 4 is 62.5 Å². The summed E-state index contributed by atoms with van der Waals surface area (Å²) in [6.45, 7) is 8.54. The average Bonchev–Trinajstić information content (AvgIpc) is 3.96. The average molecular weight is 929 g/mol. The summed E-state index contributed by atoms with van der Waals surface area (Å²) in [5.74, 6) is 2.57. The summed E-state index contributed by atoms with van der Waals surface area (Å²) in [6.07, 6.45) is 21.1. The molecule has 0 aliphatic rings. The van der Waals surface area contributed by atoms with Crippen LogP contribution in [0.25, 0.3) is 11.4 Å². The van der Waals surface area contributed by atoms with E-state index in [0.29, 0.717) is 0 Å². The molecule has 262 valence electrons. The first-order valence-corrected chi connectivity index (χ1v) is 21.6. The van der Waals surface area contributed by atoms with E-state index in [-0.39, 0.29) is 0 Å². The molecule has 3 heterocycles. The lowest BCUT2D eigenvalue weighted by molar-refractivity contribution is 0.718. The number of rotatable bonds is 5. The molecule has 3 N–H and O–H groups in total. The highest BCUT2D eigenvalue weighted by atomic mass is 127. The number of H-pyrrole nitrogens is 1.